The van der Waals surface area contributed by atoms with Crippen molar-refractivity contribution in [2.75, 3.05) is 17.2 Å². The van der Waals surface area contributed by atoms with E-state index in [-0.39, 0.29) is 10.9 Å². The van der Waals surface area contributed by atoms with Gasteiger partial charge in [-0.3, -0.25) is 4.79 Å². The molecule has 2 rings (SSSR count). The van der Waals surface area contributed by atoms with Crippen LogP contribution in [0.5, 0.6) is 0 Å². The predicted molar refractivity (Wildman–Crippen MR) is 98.2 cm³/mol. The Balaban J connectivity index is 1.97. The number of rotatable bonds is 5. The van der Waals surface area contributed by atoms with Crippen LogP contribution in [0.1, 0.15) is 23.7 Å². The molecule has 0 aromatic heterocycles. The molecule has 0 radical (unpaired) electrons. The van der Waals surface area contributed by atoms with Crippen LogP contribution in [-0.2, 0) is 0 Å². The molecule has 0 heterocycles. The van der Waals surface area contributed by atoms with Crippen molar-refractivity contribution in [2.45, 2.75) is 13.3 Å². The minimum absolute atomic E-state index is 0.140. The third kappa shape index (κ3) is 4.88. The van der Waals surface area contributed by atoms with Gasteiger partial charge in [0, 0.05) is 17.8 Å². The number of hydrogen-bond acceptors (Lipinski definition) is 2. The lowest BCUT2D eigenvalue weighted by molar-refractivity contribution is 0.0953. The summed E-state index contributed by atoms with van der Waals surface area (Å²) in [5, 5.41) is 8.70. The summed E-state index contributed by atoms with van der Waals surface area (Å²) in [6, 6.07) is 11.1. The highest BCUT2D eigenvalue weighted by atomic mass is 35.5. The molecule has 0 saturated carbocycles. The molecule has 3 N–H and O–H groups in total. The van der Waals surface area contributed by atoms with Crippen molar-refractivity contribution in [1.29, 1.82) is 0 Å². The number of benzene rings is 2. The van der Waals surface area contributed by atoms with Crippen molar-refractivity contribution in [3.05, 3.63) is 58.1 Å². The van der Waals surface area contributed by atoms with Crippen molar-refractivity contribution >= 4 is 46.5 Å². The highest BCUT2D eigenvalue weighted by Crippen LogP contribution is 2.29. The summed E-state index contributed by atoms with van der Waals surface area (Å²) in [7, 11) is 0. The quantitative estimate of drug-likeness (QED) is 0.713. The minimum Gasteiger partial charge on any atom is -0.352 e. The number of hydrogen-bond donors (Lipinski definition) is 3. The first kappa shape index (κ1) is 18.1. The van der Waals surface area contributed by atoms with Gasteiger partial charge >= 0.3 is 6.03 Å². The Hall–Kier alpha value is -2.24. The lowest BCUT2D eigenvalue weighted by atomic mass is 10.2. The maximum absolute atomic E-state index is 12.0. The molecule has 0 unspecified atom stereocenters. The zero-order valence-corrected chi connectivity index (χ0v) is 14.5. The van der Waals surface area contributed by atoms with E-state index in [9.17, 15) is 9.59 Å². The second-order valence-corrected chi connectivity index (χ2v) is 5.80. The van der Waals surface area contributed by atoms with Crippen LogP contribution >= 0.6 is 23.2 Å². The molecule has 0 aliphatic carbocycles. The van der Waals surface area contributed by atoms with E-state index in [2.05, 4.69) is 16.0 Å². The average molecular weight is 366 g/mol. The summed E-state index contributed by atoms with van der Waals surface area (Å²) in [5.74, 6) is -0.140. The molecular weight excluding hydrogens is 349 g/mol. The summed E-state index contributed by atoms with van der Waals surface area (Å²) >= 11 is 11.9. The molecular formula is C17H17Cl2N3O2. The molecule has 2 aromatic rings. The van der Waals surface area contributed by atoms with Crippen LogP contribution < -0.4 is 16.0 Å². The molecule has 0 aliphatic heterocycles. The normalized spacial score (nSPS) is 10.1. The fraction of sp³-hybridized carbons (Fsp3) is 0.176. The summed E-state index contributed by atoms with van der Waals surface area (Å²) < 4.78 is 0. The topological polar surface area (TPSA) is 70.2 Å². The smallest absolute Gasteiger partial charge is 0.323 e. The SMILES string of the molecule is CCCNC(=O)c1ccc(NC(=O)Nc2cccc(Cl)c2Cl)cc1. The number of urea groups is 1. The van der Waals surface area contributed by atoms with Gasteiger partial charge in [0.05, 0.1) is 15.7 Å². The summed E-state index contributed by atoms with van der Waals surface area (Å²) in [6.45, 7) is 2.61. The summed E-state index contributed by atoms with van der Waals surface area (Å²) in [6.07, 6.45) is 0.873. The van der Waals surface area contributed by atoms with E-state index >= 15 is 0 Å². The third-order valence-electron chi connectivity index (χ3n) is 3.14. The van der Waals surface area contributed by atoms with E-state index in [1.807, 2.05) is 6.92 Å². The molecule has 0 atom stereocenters. The Morgan fingerprint density at radius 2 is 1.71 bits per heavy atom. The average Bonchev–Trinajstić information content (AvgIpc) is 2.57. The van der Waals surface area contributed by atoms with E-state index in [0.29, 0.717) is 28.5 Å². The second kappa shape index (κ2) is 8.57. The number of carbonyl (C=O) groups is 2. The molecule has 2 aromatic carbocycles. The second-order valence-electron chi connectivity index (χ2n) is 5.01. The first-order valence-electron chi connectivity index (χ1n) is 7.41. The van der Waals surface area contributed by atoms with Gasteiger partial charge in [-0.25, -0.2) is 4.79 Å². The van der Waals surface area contributed by atoms with Crippen LogP contribution in [0, 0.1) is 0 Å². The van der Waals surface area contributed by atoms with Gasteiger partial charge in [0.1, 0.15) is 0 Å². The van der Waals surface area contributed by atoms with Gasteiger partial charge in [0.25, 0.3) is 5.91 Å². The Labute approximate surface area is 150 Å². The van der Waals surface area contributed by atoms with Crippen LogP contribution in [0.25, 0.3) is 0 Å². The third-order valence-corrected chi connectivity index (χ3v) is 3.96. The van der Waals surface area contributed by atoms with Gasteiger partial charge in [-0.1, -0.05) is 36.2 Å². The van der Waals surface area contributed by atoms with Crippen molar-refractivity contribution in [1.82, 2.24) is 5.32 Å². The van der Waals surface area contributed by atoms with Gasteiger partial charge in [-0.2, -0.15) is 0 Å². The largest absolute Gasteiger partial charge is 0.352 e. The zero-order chi connectivity index (χ0) is 17.5. The van der Waals surface area contributed by atoms with E-state index in [4.69, 9.17) is 23.2 Å². The fourth-order valence-electron chi connectivity index (χ4n) is 1.93. The van der Waals surface area contributed by atoms with Crippen LogP contribution in [0.3, 0.4) is 0 Å². The Kier molecular flexibility index (Phi) is 6.46. The fourth-order valence-corrected chi connectivity index (χ4v) is 2.28. The van der Waals surface area contributed by atoms with Crippen molar-refractivity contribution in [3.8, 4) is 0 Å². The van der Waals surface area contributed by atoms with Crippen LogP contribution in [0.2, 0.25) is 10.0 Å². The number of amides is 3. The molecule has 0 bridgehead atoms. The van der Waals surface area contributed by atoms with Crippen LogP contribution in [0.4, 0.5) is 16.2 Å². The van der Waals surface area contributed by atoms with E-state index < -0.39 is 6.03 Å². The highest BCUT2D eigenvalue weighted by molar-refractivity contribution is 6.44. The van der Waals surface area contributed by atoms with E-state index in [0.717, 1.165) is 6.42 Å². The maximum atomic E-state index is 12.0. The Morgan fingerprint density at radius 1 is 1.00 bits per heavy atom. The van der Waals surface area contributed by atoms with Gasteiger partial charge < -0.3 is 16.0 Å². The lowest BCUT2D eigenvalue weighted by Crippen LogP contribution is -2.24. The van der Waals surface area contributed by atoms with Crippen molar-refractivity contribution in [3.63, 3.8) is 0 Å². The van der Waals surface area contributed by atoms with Gasteiger partial charge in [-0.05, 0) is 42.8 Å². The van der Waals surface area contributed by atoms with Gasteiger partial charge in [0.15, 0.2) is 0 Å². The first-order chi connectivity index (χ1) is 11.5. The monoisotopic (exact) mass is 365 g/mol. The van der Waals surface area contributed by atoms with E-state index in [1.165, 1.54) is 0 Å². The zero-order valence-electron chi connectivity index (χ0n) is 13.0. The number of halogens is 2. The maximum Gasteiger partial charge on any atom is 0.323 e. The first-order valence-corrected chi connectivity index (χ1v) is 8.17. The van der Waals surface area contributed by atoms with Gasteiger partial charge in [0.2, 0.25) is 0 Å². The molecule has 0 spiro atoms. The molecule has 24 heavy (non-hydrogen) atoms. The number of carbonyl (C=O) groups excluding carboxylic acids is 2. The summed E-state index contributed by atoms with van der Waals surface area (Å²) in [5.41, 5.74) is 1.50. The van der Waals surface area contributed by atoms with Crippen molar-refractivity contribution < 1.29 is 9.59 Å². The number of nitrogens with one attached hydrogen (secondary N) is 3. The standard InChI is InChI=1S/C17H17Cl2N3O2/c1-2-10-20-16(23)11-6-8-12(9-7-11)21-17(24)22-14-5-3-4-13(18)15(14)19/h3-9H,2,10H2,1H3,(H,20,23)(H2,21,22,24). The summed E-state index contributed by atoms with van der Waals surface area (Å²) in [4.78, 5) is 23.8. The molecule has 0 saturated heterocycles. The Morgan fingerprint density at radius 3 is 2.38 bits per heavy atom. The highest BCUT2D eigenvalue weighted by Gasteiger charge is 2.09. The molecule has 0 aliphatic rings. The van der Waals surface area contributed by atoms with Crippen LogP contribution in [0.15, 0.2) is 42.5 Å². The molecule has 5 nitrogen and oxygen atoms in total. The lowest BCUT2D eigenvalue weighted by Gasteiger charge is -2.10. The molecule has 126 valence electrons. The predicted octanol–water partition coefficient (Wildman–Crippen LogP) is 4.78. The molecule has 3 amide bonds. The Bertz CT molecular complexity index is 733. The molecule has 7 heteroatoms. The molecule has 0 fully saturated rings. The minimum atomic E-state index is -0.456. The number of anilines is 2. The van der Waals surface area contributed by atoms with Crippen molar-refractivity contribution in [2.24, 2.45) is 0 Å². The van der Waals surface area contributed by atoms with Crippen LogP contribution in [-0.4, -0.2) is 18.5 Å². The van der Waals surface area contributed by atoms with E-state index in [1.54, 1.807) is 42.5 Å². The van der Waals surface area contributed by atoms with Gasteiger partial charge in [-0.15, -0.1) is 0 Å².